The van der Waals surface area contributed by atoms with E-state index in [4.69, 9.17) is 10.6 Å². The van der Waals surface area contributed by atoms with Crippen LogP contribution in [0.3, 0.4) is 0 Å². The maximum atomic E-state index is 5.78. The maximum absolute atomic E-state index is 5.78. The van der Waals surface area contributed by atoms with E-state index in [1.54, 1.807) is 0 Å². The smallest absolute Gasteiger partial charge is 0.122 e. The first-order valence-corrected chi connectivity index (χ1v) is 7.60. The number of nitrogens with two attached hydrogens (primary N) is 1. The summed E-state index contributed by atoms with van der Waals surface area (Å²) < 4.78 is 5.76. The number of rotatable bonds is 6. The molecule has 21 heavy (non-hydrogen) atoms. The second-order valence-electron chi connectivity index (χ2n) is 5.61. The second kappa shape index (κ2) is 6.74. The van der Waals surface area contributed by atoms with Crippen molar-refractivity contribution >= 4 is 0 Å². The summed E-state index contributed by atoms with van der Waals surface area (Å²) >= 11 is 0. The third-order valence-electron chi connectivity index (χ3n) is 4.26. The van der Waals surface area contributed by atoms with Gasteiger partial charge in [-0.05, 0) is 30.9 Å². The van der Waals surface area contributed by atoms with E-state index in [0.29, 0.717) is 5.92 Å². The highest BCUT2D eigenvalue weighted by Crippen LogP contribution is 2.36. The van der Waals surface area contributed by atoms with Crippen LogP contribution in [0.5, 0.6) is 5.75 Å². The number of para-hydroxylation sites is 1. The van der Waals surface area contributed by atoms with E-state index in [2.05, 4.69) is 47.9 Å². The Morgan fingerprint density at radius 1 is 1.10 bits per heavy atom. The lowest BCUT2D eigenvalue weighted by Crippen LogP contribution is -2.40. The van der Waals surface area contributed by atoms with Gasteiger partial charge in [0.15, 0.2) is 0 Å². The highest BCUT2D eigenvalue weighted by atomic mass is 16.5. The summed E-state index contributed by atoms with van der Waals surface area (Å²) in [5.74, 6) is 7.14. The van der Waals surface area contributed by atoms with E-state index in [-0.39, 0.29) is 6.04 Å². The molecule has 110 valence electrons. The Labute approximate surface area is 126 Å². The van der Waals surface area contributed by atoms with Crippen LogP contribution < -0.4 is 16.0 Å². The SMILES string of the molecule is NNC(CCCc1ccccc1)C1COc2ccccc21. The fourth-order valence-electron chi connectivity index (χ4n) is 3.09. The van der Waals surface area contributed by atoms with Crippen molar-refractivity contribution in [2.75, 3.05) is 6.61 Å². The van der Waals surface area contributed by atoms with Gasteiger partial charge in [0, 0.05) is 17.5 Å². The minimum atomic E-state index is 0.261. The zero-order valence-electron chi connectivity index (χ0n) is 12.2. The Morgan fingerprint density at radius 3 is 2.67 bits per heavy atom. The summed E-state index contributed by atoms with van der Waals surface area (Å²) in [5.41, 5.74) is 5.65. The van der Waals surface area contributed by atoms with Gasteiger partial charge >= 0.3 is 0 Å². The number of benzene rings is 2. The van der Waals surface area contributed by atoms with E-state index in [0.717, 1.165) is 31.6 Å². The molecule has 2 atom stereocenters. The lowest BCUT2D eigenvalue weighted by atomic mass is 9.90. The van der Waals surface area contributed by atoms with Crippen molar-refractivity contribution in [1.29, 1.82) is 0 Å². The van der Waals surface area contributed by atoms with Crippen molar-refractivity contribution in [1.82, 2.24) is 5.43 Å². The van der Waals surface area contributed by atoms with Gasteiger partial charge in [-0.2, -0.15) is 0 Å². The number of aryl methyl sites for hydroxylation is 1. The molecule has 3 rings (SSSR count). The number of ether oxygens (including phenoxy) is 1. The van der Waals surface area contributed by atoms with E-state index >= 15 is 0 Å². The summed E-state index contributed by atoms with van der Waals surface area (Å²) in [4.78, 5) is 0. The van der Waals surface area contributed by atoms with Gasteiger partial charge in [-0.1, -0.05) is 48.5 Å². The predicted molar refractivity (Wildman–Crippen MR) is 85.2 cm³/mol. The van der Waals surface area contributed by atoms with Gasteiger partial charge < -0.3 is 4.74 Å². The Hall–Kier alpha value is -1.84. The molecule has 3 heteroatoms. The van der Waals surface area contributed by atoms with Gasteiger partial charge in [0.05, 0.1) is 6.61 Å². The van der Waals surface area contributed by atoms with Crippen LogP contribution in [0.2, 0.25) is 0 Å². The third-order valence-corrected chi connectivity index (χ3v) is 4.26. The molecule has 2 aromatic carbocycles. The van der Waals surface area contributed by atoms with Crippen molar-refractivity contribution in [2.24, 2.45) is 5.84 Å². The third kappa shape index (κ3) is 3.26. The van der Waals surface area contributed by atoms with E-state index in [1.807, 2.05) is 12.1 Å². The lowest BCUT2D eigenvalue weighted by molar-refractivity contribution is 0.291. The van der Waals surface area contributed by atoms with Crippen molar-refractivity contribution in [2.45, 2.75) is 31.2 Å². The fourth-order valence-corrected chi connectivity index (χ4v) is 3.09. The molecule has 0 aromatic heterocycles. The summed E-state index contributed by atoms with van der Waals surface area (Å²) in [5, 5.41) is 0. The monoisotopic (exact) mass is 282 g/mol. The highest BCUT2D eigenvalue weighted by Gasteiger charge is 2.30. The molecular weight excluding hydrogens is 260 g/mol. The molecule has 0 saturated heterocycles. The Bertz CT molecular complexity index is 570. The number of fused-ring (bicyclic) bond motifs is 1. The van der Waals surface area contributed by atoms with Gasteiger partial charge in [0.2, 0.25) is 0 Å². The van der Waals surface area contributed by atoms with Gasteiger partial charge in [0.25, 0.3) is 0 Å². The summed E-state index contributed by atoms with van der Waals surface area (Å²) in [7, 11) is 0. The molecule has 0 radical (unpaired) electrons. The minimum absolute atomic E-state index is 0.261. The summed E-state index contributed by atoms with van der Waals surface area (Å²) in [6, 6.07) is 19.1. The molecule has 1 heterocycles. The molecule has 3 nitrogen and oxygen atoms in total. The van der Waals surface area contributed by atoms with Crippen LogP contribution in [-0.4, -0.2) is 12.6 Å². The number of hydrogen-bond donors (Lipinski definition) is 2. The van der Waals surface area contributed by atoms with Gasteiger partial charge in [-0.3, -0.25) is 11.3 Å². The maximum Gasteiger partial charge on any atom is 0.122 e. The number of hydrogen-bond acceptors (Lipinski definition) is 3. The highest BCUT2D eigenvalue weighted by molar-refractivity contribution is 5.40. The van der Waals surface area contributed by atoms with E-state index in [1.165, 1.54) is 11.1 Å². The zero-order valence-corrected chi connectivity index (χ0v) is 12.2. The Kier molecular flexibility index (Phi) is 4.53. The molecule has 2 unspecified atom stereocenters. The molecule has 0 bridgehead atoms. The topological polar surface area (TPSA) is 47.3 Å². The van der Waals surface area contributed by atoms with Crippen LogP contribution in [0, 0.1) is 0 Å². The normalized spacial score (nSPS) is 18.0. The molecule has 0 saturated carbocycles. The standard InChI is InChI=1S/C18H22N2O/c19-20-17(11-6-9-14-7-2-1-3-8-14)16-13-21-18-12-5-4-10-15(16)18/h1-5,7-8,10,12,16-17,20H,6,9,11,13,19H2. The van der Waals surface area contributed by atoms with E-state index < -0.39 is 0 Å². The summed E-state index contributed by atoms with van der Waals surface area (Å²) in [6.07, 6.45) is 3.26. The van der Waals surface area contributed by atoms with Gasteiger partial charge in [-0.15, -0.1) is 0 Å². The van der Waals surface area contributed by atoms with Crippen LogP contribution in [0.4, 0.5) is 0 Å². The largest absolute Gasteiger partial charge is 0.493 e. The van der Waals surface area contributed by atoms with E-state index in [9.17, 15) is 0 Å². The number of hydrazine groups is 1. The average Bonchev–Trinajstić information content (AvgIpc) is 2.97. The molecule has 1 aliphatic rings. The molecular formula is C18H22N2O. The van der Waals surface area contributed by atoms with Crippen molar-refractivity contribution < 1.29 is 4.74 Å². The van der Waals surface area contributed by atoms with Crippen LogP contribution in [0.15, 0.2) is 54.6 Å². The van der Waals surface area contributed by atoms with Crippen LogP contribution in [-0.2, 0) is 6.42 Å². The van der Waals surface area contributed by atoms with Crippen LogP contribution in [0.25, 0.3) is 0 Å². The molecule has 1 aliphatic heterocycles. The summed E-state index contributed by atoms with van der Waals surface area (Å²) in [6.45, 7) is 0.722. The van der Waals surface area contributed by atoms with Crippen molar-refractivity contribution in [3.05, 3.63) is 65.7 Å². The minimum Gasteiger partial charge on any atom is -0.493 e. The first-order valence-electron chi connectivity index (χ1n) is 7.60. The Balaban J connectivity index is 1.59. The van der Waals surface area contributed by atoms with Crippen LogP contribution >= 0.6 is 0 Å². The second-order valence-corrected chi connectivity index (χ2v) is 5.61. The van der Waals surface area contributed by atoms with Gasteiger partial charge in [-0.25, -0.2) is 0 Å². The first kappa shape index (κ1) is 14.1. The van der Waals surface area contributed by atoms with Crippen molar-refractivity contribution in [3.63, 3.8) is 0 Å². The van der Waals surface area contributed by atoms with Gasteiger partial charge in [0.1, 0.15) is 5.75 Å². The molecule has 0 amide bonds. The molecule has 2 aromatic rings. The lowest BCUT2D eigenvalue weighted by Gasteiger charge is -2.22. The fraction of sp³-hybridized carbons (Fsp3) is 0.333. The van der Waals surface area contributed by atoms with Crippen molar-refractivity contribution in [3.8, 4) is 5.75 Å². The van der Waals surface area contributed by atoms with Crippen LogP contribution in [0.1, 0.15) is 29.9 Å². The zero-order chi connectivity index (χ0) is 14.5. The first-order chi connectivity index (χ1) is 10.4. The molecule has 0 spiro atoms. The predicted octanol–water partition coefficient (Wildman–Crippen LogP) is 3.02. The molecule has 0 aliphatic carbocycles. The molecule has 3 N–H and O–H groups in total. The average molecular weight is 282 g/mol. The Morgan fingerprint density at radius 2 is 1.86 bits per heavy atom. The number of nitrogens with one attached hydrogen (secondary N) is 1. The molecule has 0 fully saturated rings. The quantitative estimate of drug-likeness (QED) is 0.632.